The molecule has 1 aliphatic carbocycles. The Bertz CT molecular complexity index is 1280. The molecule has 6 heteroatoms. The van der Waals surface area contributed by atoms with Crippen LogP contribution >= 0.6 is 11.6 Å². The second-order valence-electron chi connectivity index (χ2n) is 8.68. The second kappa shape index (κ2) is 8.99. The Morgan fingerprint density at radius 3 is 2.32 bits per heavy atom. The number of para-hydroxylation sites is 2. The fourth-order valence-corrected chi connectivity index (χ4v) is 5.14. The van der Waals surface area contributed by atoms with Gasteiger partial charge in [-0.1, -0.05) is 48.0 Å². The molecule has 3 aromatic rings. The van der Waals surface area contributed by atoms with Crippen LogP contribution in [0.2, 0.25) is 5.02 Å². The molecule has 2 atom stereocenters. The van der Waals surface area contributed by atoms with Gasteiger partial charge in [0.1, 0.15) is 5.75 Å². The van der Waals surface area contributed by atoms with E-state index in [1.807, 2.05) is 60.7 Å². The summed E-state index contributed by atoms with van der Waals surface area (Å²) in [4.78, 5) is 28.5. The number of fused-ring (bicyclic) bond motifs is 1. The summed E-state index contributed by atoms with van der Waals surface area (Å²) in [7, 11) is 1.64. The predicted molar refractivity (Wildman–Crippen MR) is 134 cm³/mol. The first-order chi connectivity index (χ1) is 16.5. The van der Waals surface area contributed by atoms with E-state index in [1.165, 1.54) is 0 Å². The second-order valence-corrected chi connectivity index (χ2v) is 9.12. The van der Waals surface area contributed by atoms with Crippen LogP contribution in [0.4, 0.5) is 11.4 Å². The molecular weight excluding hydrogens is 448 g/mol. The highest BCUT2D eigenvalue weighted by Gasteiger charge is 2.40. The number of carbonyl (C=O) groups is 2. The molecule has 0 saturated carbocycles. The van der Waals surface area contributed by atoms with Crippen molar-refractivity contribution in [1.82, 2.24) is 0 Å². The Morgan fingerprint density at radius 2 is 1.65 bits per heavy atom. The molecule has 0 unspecified atom stereocenters. The predicted octanol–water partition coefficient (Wildman–Crippen LogP) is 6.27. The smallest absolute Gasteiger partial charge is 0.224 e. The molecule has 0 radical (unpaired) electrons. The monoisotopic (exact) mass is 472 g/mol. The fourth-order valence-electron chi connectivity index (χ4n) is 5.01. The van der Waals surface area contributed by atoms with E-state index in [1.54, 1.807) is 31.1 Å². The van der Waals surface area contributed by atoms with Crippen LogP contribution in [0, 0.1) is 0 Å². The van der Waals surface area contributed by atoms with Gasteiger partial charge < -0.3 is 10.1 Å². The van der Waals surface area contributed by atoms with Crippen LogP contribution < -0.4 is 15.0 Å². The summed E-state index contributed by atoms with van der Waals surface area (Å²) in [5, 5.41) is 4.13. The van der Waals surface area contributed by atoms with E-state index >= 15 is 0 Å². The average Bonchev–Trinajstić information content (AvgIpc) is 2.99. The number of ether oxygens (including phenoxy) is 1. The lowest BCUT2D eigenvalue weighted by Gasteiger charge is -2.34. The van der Waals surface area contributed by atoms with E-state index in [4.69, 9.17) is 16.3 Å². The number of amides is 1. The molecule has 2 aliphatic rings. The molecule has 172 valence electrons. The number of carbonyl (C=O) groups excluding carboxylic acids is 2. The minimum Gasteiger partial charge on any atom is -0.497 e. The largest absolute Gasteiger partial charge is 0.497 e. The number of halogens is 1. The van der Waals surface area contributed by atoms with Gasteiger partial charge in [0.25, 0.3) is 0 Å². The van der Waals surface area contributed by atoms with Crippen LogP contribution in [0.25, 0.3) is 0 Å². The molecule has 0 spiro atoms. The van der Waals surface area contributed by atoms with Crippen LogP contribution in [0.15, 0.2) is 84.1 Å². The molecule has 0 bridgehead atoms. The molecule has 1 heterocycles. The summed E-state index contributed by atoms with van der Waals surface area (Å²) in [6, 6.07) is 22.4. The number of allylic oxidation sites excluding steroid dienone is 1. The van der Waals surface area contributed by atoms with Crippen molar-refractivity contribution >= 4 is 34.7 Å². The number of nitrogens with one attached hydrogen (secondary N) is 1. The summed E-state index contributed by atoms with van der Waals surface area (Å²) < 4.78 is 5.29. The summed E-state index contributed by atoms with van der Waals surface area (Å²) in [5.74, 6) is 0.723. The quantitative estimate of drug-likeness (QED) is 0.488. The molecule has 1 amide bonds. The van der Waals surface area contributed by atoms with Crippen molar-refractivity contribution in [3.63, 3.8) is 0 Å². The minimum absolute atomic E-state index is 0.0339. The third-order valence-electron chi connectivity index (χ3n) is 6.60. The van der Waals surface area contributed by atoms with Gasteiger partial charge >= 0.3 is 0 Å². The summed E-state index contributed by atoms with van der Waals surface area (Å²) in [6.07, 6.45) is 1.04. The van der Waals surface area contributed by atoms with E-state index in [0.29, 0.717) is 23.4 Å². The van der Waals surface area contributed by atoms with Gasteiger partial charge in [-0.15, -0.1) is 0 Å². The molecule has 1 aliphatic heterocycles. The van der Waals surface area contributed by atoms with Crippen molar-refractivity contribution < 1.29 is 14.3 Å². The molecule has 34 heavy (non-hydrogen) atoms. The molecule has 3 aromatic carbocycles. The van der Waals surface area contributed by atoms with Gasteiger partial charge in [0.15, 0.2) is 5.78 Å². The van der Waals surface area contributed by atoms with E-state index in [0.717, 1.165) is 33.9 Å². The Labute approximate surface area is 204 Å². The first-order valence-corrected chi connectivity index (χ1v) is 11.7. The number of ketones is 1. The van der Waals surface area contributed by atoms with Crippen LogP contribution in [0.5, 0.6) is 5.75 Å². The Morgan fingerprint density at radius 1 is 0.971 bits per heavy atom. The number of nitrogens with zero attached hydrogens (tertiary/aromatic N) is 1. The molecular formula is C28H25ClN2O3. The standard InChI is InChI=1S/C28H25ClN2O3/c1-17(32)31-25-6-4-3-5-23(25)30-24-15-20(18-9-13-22(34-2)14-10-18)16-26(33)27(24)28(31)19-7-11-21(29)12-8-19/h3-14,20,28,30H,15-16H2,1-2H3/t20-,28-/m1/s1. The van der Waals surface area contributed by atoms with Gasteiger partial charge in [0.05, 0.1) is 24.5 Å². The molecule has 0 aromatic heterocycles. The SMILES string of the molecule is COc1ccc([C@H]2CC(=O)C3=C(C2)Nc2ccccc2N(C(C)=O)[C@@H]3c2ccc(Cl)cc2)cc1. The van der Waals surface area contributed by atoms with Crippen LogP contribution in [0.1, 0.15) is 42.9 Å². The molecule has 5 nitrogen and oxygen atoms in total. The van der Waals surface area contributed by atoms with Crippen LogP contribution in [-0.2, 0) is 9.59 Å². The highest BCUT2D eigenvalue weighted by molar-refractivity contribution is 6.30. The lowest BCUT2D eigenvalue weighted by molar-refractivity contribution is -0.117. The summed E-state index contributed by atoms with van der Waals surface area (Å²) in [5.41, 5.74) is 4.99. The van der Waals surface area contributed by atoms with Gasteiger partial charge in [-0.3, -0.25) is 14.5 Å². The number of rotatable bonds is 3. The number of hydrogen-bond donors (Lipinski definition) is 1. The highest BCUT2D eigenvalue weighted by Crippen LogP contribution is 2.47. The maximum absolute atomic E-state index is 13.8. The topological polar surface area (TPSA) is 58.6 Å². The van der Waals surface area contributed by atoms with E-state index in [2.05, 4.69) is 5.32 Å². The third-order valence-corrected chi connectivity index (χ3v) is 6.85. The average molecular weight is 473 g/mol. The normalized spacial score (nSPS) is 19.6. The van der Waals surface area contributed by atoms with E-state index in [9.17, 15) is 9.59 Å². The molecule has 5 rings (SSSR count). The van der Waals surface area contributed by atoms with Gasteiger partial charge in [-0.25, -0.2) is 0 Å². The maximum Gasteiger partial charge on any atom is 0.224 e. The summed E-state index contributed by atoms with van der Waals surface area (Å²) in [6.45, 7) is 1.54. The van der Waals surface area contributed by atoms with Crippen LogP contribution in [0.3, 0.4) is 0 Å². The molecule has 1 N–H and O–H groups in total. The minimum atomic E-state index is -0.537. The molecule has 0 fully saturated rings. The number of Topliss-reactive ketones (excluding diaryl/α,β-unsaturated/α-hetero) is 1. The highest BCUT2D eigenvalue weighted by atomic mass is 35.5. The van der Waals surface area contributed by atoms with E-state index < -0.39 is 6.04 Å². The zero-order chi connectivity index (χ0) is 23.8. The third kappa shape index (κ3) is 3.97. The Kier molecular flexibility index (Phi) is 5.88. The zero-order valence-electron chi connectivity index (χ0n) is 19.0. The van der Waals surface area contributed by atoms with Crippen molar-refractivity contribution in [3.8, 4) is 5.75 Å². The van der Waals surface area contributed by atoms with Crippen molar-refractivity contribution in [2.75, 3.05) is 17.3 Å². The Balaban J connectivity index is 1.66. The first-order valence-electron chi connectivity index (χ1n) is 11.3. The van der Waals surface area contributed by atoms with Crippen molar-refractivity contribution in [2.24, 2.45) is 0 Å². The van der Waals surface area contributed by atoms with Crippen molar-refractivity contribution in [1.29, 1.82) is 0 Å². The summed E-state index contributed by atoms with van der Waals surface area (Å²) >= 11 is 6.16. The fraction of sp³-hybridized carbons (Fsp3) is 0.214. The molecule has 0 saturated heterocycles. The number of anilines is 2. The number of methoxy groups -OCH3 is 1. The van der Waals surface area contributed by atoms with Crippen molar-refractivity contribution in [3.05, 3.63) is 100 Å². The van der Waals surface area contributed by atoms with Crippen molar-refractivity contribution in [2.45, 2.75) is 31.7 Å². The Hall–Kier alpha value is -3.57. The zero-order valence-corrected chi connectivity index (χ0v) is 19.8. The first kappa shape index (κ1) is 22.2. The maximum atomic E-state index is 13.8. The van der Waals surface area contributed by atoms with Gasteiger partial charge in [0.2, 0.25) is 5.91 Å². The number of hydrogen-bond acceptors (Lipinski definition) is 4. The van der Waals surface area contributed by atoms with Gasteiger partial charge in [-0.2, -0.15) is 0 Å². The lowest BCUT2D eigenvalue weighted by Crippen LogP contribution is -2.37. The lowest BCUT2D eigenvalue weighted by atomic mass is 9.78. The van der Waals surface area contributed by atoms with Crippen LogP contribution in [-0.4, -0.2) is 18.8 Å². The van der Waals surface area contributed by atoms with Gasteiger partial charge in [-0.05, 0) is 59.9 Å². The van der Waals surface area contributed by atoms with Gasteiger partial charge in [0, 0.05) is 29.6 Å². The van der Waals surface area contributed by atoms with E-state index in [-0.39, 0.29) is 17.6 Å². The number of benzene rings is 3.